The van der Waals surface area contributed by atoms with E-state index in [1.165, 1.54) is 4.90 Å². The predicted molar refractivity (Wildman–Crippen MR) is 82.9 cm³/mol. The van der Waals surface area contributed by atoms with Gasteiger partial charge in [0.15, 0.2) is 0 Å². The lowest BCUT2D eigenvalue weighted by Crippen LogP contribution is -2.41. The van der Waals surface area contributed by atoms with E-state index in [0.717, 1.165) is 4.68 Å². The molecule has 1 aromatic heterocycles. The van der Waals surface area contributed by atoms with E-state index in [-0.39, 0.29) is 37.0 Å². The summed E-state index contributed by atoms with van der Waals surface area (Å²) in [6.45, 7) is 3.17. The number of carbonyl (C=O) groups is 2. The summed E-state index contributed by atoms with van der Waals surface area (Å²) in [5.41, 5.74) is 0.174. The quantitative estimate of drug-likeness (QED) is 0.831. The van der Waals surface area contributed by atoms with Gasteiger partial charge in [-0.1, -0.05) is 17.3 Å². The van der Waals surface area contributed by atoms with Crippen molar-refractivity contribution >= 4 is 22.8 Å². The predicted octanol–water partition coefficient (Wildman–Crippen LogP) is 0.503. The number of nitrogens with zero attached hydrogens (tertiary/aromatic N) is 4. The van der Waals surface area contributed by atoms with E-state index < -0.39 is 5.97 Å². The number of aromatic nitrogens is 3. The van der Waals surface area contributed by atoms with Crippen LogP contribution in [0.2, 0.25) is 0 Å². The molecule has 0 bridgehead atoms. The SMILES string of the molecule is CC(C)N(CC(=O)O)C(=O)CCn1nnc2ccccc2c1=O. The van der Waals surface area contributed by atoms with Crippen LogP contribution in [-0.2, 0) is 16.1 Å². The number of aryl methyl sites for hydroxylation is 1. The second-order valence-corrected chi connectivity index (χ2v) is 5.39. The molecule has 0 saturated heterocycles. The van der Waals surface area contributed by atoms with Gasteiger partial charge < -0.3 is 10.0 Å². The fraction of sp³-hybridized carbons (Fsp3) is 0.400. The second kappa shape index (κ2) is 6.99. The Kier molecular flexibility index (Phi) is 5.05. The molecule has 0 spiro atoms. The Morgan fingerprint density at radius 2 is 2.00 bits per heavy atom. The maximum Gasteiger partial charge on any atom is 0.323 e. The van der Waals surface area contributed by atoms with E-state index in [4.69, 9.17) is 5.11 Å². The first-order chi connectivity index (χ1) is 10.9. The van der Waals surface area contributed by atoms with Crippen molar-refractivity contribution < 1.29 is 14.7 Å². The van der Waals surface area contributed by atoms with Crippen LogP contribution in [-0.4, -0.2) is 49.5 Å². The molecule has 2 aromatic rings. The molecule has 1 aromatic carbocycles. The summed E-state index contributed by atoms with van der Waals surface area (Å²) >= 11 is 0. The molecule has 122 valence electrons. The van der Waals surface area contributed by atoms with Crippen LogP contribution in [0.5, 0.6) is 0 Å². The van der Waals surface area contributed by atoms with Gasteiger partial charge in [-0.15, -0.1) is 5.10 Å². The Hall–Kier alpha value is -2.77. The van der Waals surface area contributed by atoms with Crippen LogP contribution >= 0.6 is 0 Å². The number of aliphatic carboxylic acids is 1. The van der Waals surface area contributed by atoms with Crippen LogP contribution in [0.25, 0.3) is 10.9 Å². The molecular weight excluding hydrogens is 300 g/mol. The van der Waals surface area contributed by atoms with E-state index in [1.54, 1.807) is 38.1 Å². The Morgan fingerprint density at radius 3 is 2.65 bits per heavy atom. The standard InChI is InChI=1S/C15H18N4O4/c1-10(2)18(9-14(21)22)13(20)7-8-19-15(23)11-5-3-4-6-12(11)16-17-19/h3-6,10H,7-9H2,1-2H3,(H,21,22). The molecule has 1 N–H and O–H groups in total. The third-order valence-corrected chi connectivity index (χ3v) is 3.42. The van der Waals surface area contributed by atoms with Crippen LogP contribution in [0, 0.1) is 0 Å². The monoisotopic (exact) mass is 318 g/mol. The summed E-state index contributed by atoms with van der Waals surface area (Å²) in [5, 5.41) is 17.0. The Morgan fingerprint density at radius 1 is 1.30 bits per heavy atom. The first-order valence-corrected chi connectivity index (χ1v) is 7.24. The minimum atomic E-state index is -1.07. The first kappa shape index (κ1) is 16.6. The summed E-state index contributed by atoms with van der Waals surface area (Å²) in [6.07, 6.45) is -0.0155. The molecule has 0 radical (unpaired) electrons. The molecule has 1 heterocycles. The summed E-state index contributed by atoms with van der Waals surface area (Å²) in [6, 6.07) is 6.59. The largest absolute Gasteiger partial charge is 0.480 e. The molecule has 2 rings (SSSR count). The van der Waals surface area contributed by atoms with Crippen molar-refractivity contribution in [1.82, 2.24) is 19.9 Å². The molecule has 0 unspecified atom stereocenters. The van der Waals surface area contributed by atoms with Crippen molar-refractivity contribution in [3.63, 3.8) is 0 Å². The Labute approximate surface area is 132 Å². The van der Waals surface area contributed by atoms with Crippen molar-refractivity contribution in [2.45, 2.75) is 32.9 Å². The Bertz CT molecular complexity index is 784. The molecule has 23 heavy (non-hydrogen) atoms. The van der Waals surface area contributed by atoms with Gasteiger partial charge >= 0.3 is 5.97 Å². The molecule has 0 aliphatic carbocycles. The summed E-state index contributed by atoms with van der Waals surface area (Å²) in [7, 11) is 0. The summed E-state index contributed by atoms with van der Waals surface area (Å²) in [4.78, 5) is 36.5. The third-order valence-electron chi connectivity index (χ3n) is 3.42. The van der Waals surface area contributed by atoms with Gasteiger partial charge in [-0.25, -0.2) is 4.68 Å². The molecule has 0 aliphatic heterocycles. The molecule has 8 nitrogen and oxygen atoms in total. The van der Waals surface area contributed by atoms with Crippen molar-refractivity contribution in [3.05, 3.63) is 34.6 Å². The highest BCUT2D eigenvalue weighted by Gasteiger charge is 2.20. The zero-order valence-electron chi connectivity index (χ0n) is 13.0. The maximum atomic E-state index is 12.3. The van der Waals surface area contributed by atoms with Gasteiger partial charge in [0.1, 0.15) is 12.1 Å². The zero-order chi connectivity index (χ0) is 17.0. The number of carboxylic acid groups (broad SMARTS) is 1. The lowest BCUT2D eigenvalue weighted by atomic mass is 10.2. The van der Waals surface area contributed by atoms with Gasteiger partial charge in [-0.2, -0.15) is 0 Å². The van der Waals surface area contributed by atoms with Crippen LogP contribution < -0.4 is 5.56 Å². The fourth-order valence-corrected chi connectivity index (χ4v) is 2.22. The highest BCUT2D eigenvalue weighted by molar-refractivity contribution is 5.81. The smallest absolute Gasteiger partial charge is 0.323 e. The zero-order valence-corrected chi connectivity index (χ0v) is 13.0. The number of hydrogen-bond donors (Lipinski definition) is 1. The van der Waals surface area contributed by atoms with Gasteiger partial charge in [0.25, 0.3) is 5.56 Å². The van der Waals surface area contributed by atoms with Crippen molar-refractivity contribution in [2.75, 3.05) is 6.54 Å². The highest BCUT2D eigenvalue weighted by atomic mass is 16.4. The van der Waals surface area contributed by atoms with E-state index in [1.807, 2.05) is 0 Å². The van der Waals surface area contributed by atoms with E-state index >= 15 is 0 Å². The topological polar surface area (TPSA) is 105 Å². The number of hydrogen-bond acceptors (Lipinski definition) is 5. The fourth-order valence-electron chi connectivity index (χ4n) is 2.22. The van der Waals surface area contributed by atoms with Crippen LogP contribution in [0.4, 0.5) is 0 Å². The number of carbonyl (C=O) groups excluding carboxylic acids is 1. The lowest BCUT2D eigenvalue weighted by molar-refractivity contribution is -0.145. The minimum Gasteiger partial charge on any atom is -0.480 e. The van der Waals surface area contributed by atoms with Gasteiger partial charge in [0.2, 0.25) is 5.91 Å². The first-order valence-electron chi connectivity index (χ1n) is 7.24. The minimum absolute atomic E-state index is 0.0155. The van der Waals surface area contributed by atoms with Gasteiger partial charge in [-0.3, -0.25) is 14.4 Å². The molecular formula is C15H18N4O4. The molecule has 0 fully saturated rings. The second-order valence-electron chi connectivity index (χ2n) is 5.39. The van der Waals surface area contributed by atoms with Gasteiger partial charge in [0, 0.05) is 12.5 Å². The number of carboxylic acids is 1. The summed E-state index contributed by atoms with van der Waals surface area (Å²) in [5.74, 6) is -1.42. The number of amides is 1. The Balaban J connectivity index is 2.14. The van der Waals surface area contributed by atoms with Gasteiger partial charge in [-0.05, 0) is 26.0 Å². The molecule has 0 atom stereocenters. The number of fused-ring (bicyclic) bond motifs is 1. The average Bonchev–Trinajstić information content (AvgIpc) is 2.51. The van der Waals surface area contributed by atoms with Crippen LogP contribution in [0.3, 0.4) is 0 Å². The lowest BCUT2D eigenvalue weighted by Gasteiger charge is -2.24. The molecule has 1 amide bonds. The van der Waals surface area contributed by atoms with Gasteiger partial charge in [0.05, 0.1) is 11.9 Å². The van der Waals surface area contributed by atoms with E-state index in [2.05, 4.69) is 10.3 Å². The third kappa shape index (κ3) is 3.91. The van der Waals surface area contributed by atoms with Crippen molar-refractivity contribution in [1.29, 1.82) is 0 Å². The van der Waals surface area contributed by atoms with Crippen molar-refractivity contribution in [3.8, 4) is 0 Å². The summed E-state index contributed by atoms with van der Waals surface area (Å²) < 4.78 is 1.12. The van der Waals surface area contributed by atoms with E-state index in [9.17, 15) is 14.4 Å². The molecule has 0 saturated carbocycles. The maximum absolute atomic E-state index is 12.3. The molecule has 0 aliphatic rings. The van der Waals surface area contributed by atoms with E-state index in [0.29, 0.717) is 10.9 Å². The van der Waals surface area contributed by atoms with Crippen LogP contribution in [0.15, 0.2) is 29.1 Å². The number of benzene rings is 1. The van der Waals surface area contributed by atoms with Crippen molar-refractivity contribution in [2.24, 2.45) is 0 Å². The highest BCUT2D eigenvalue weighted by Crippen LogP contribution is 2.05. The molecule has 8 heteroatoms. The average molecular weight is 318 g/mol. The normalized spacial score (nSPS) is 10.9. The van der Waals surface area contributed by atoms with Crippen LogP contribution in [0.1, 0.15) is 20.3 Å². The number of rotatable bonds is 6.